The van der Waals surface area contributed by atoms with Crippen LogP contribution in [0.15, 0.2) is 18.2 Å². The number of aliphatic hydroxyl groups is 1. The van der Waals surface area contributed by atoms with Crippen LogP contribution < -0.4 is 10.6 Å². The highest BCUT2D eigenvalue weighted by atomic mass is 16.5. The number of morpholine rings is 1. The van der Waals surface area contributed by atoms with Gasteiger partial charge in [0.25, 0.3) is 0 Å². The molecular formula is C13H20N2O2. The fourth-order valence-corrected chi connectivity index (χ4v) is 2.23. The molecule has 0 radical (unpaired) electrons. The quantitative estimate of drug-likeness (QED) is 0.809. The number of rotatable bonds is 3. The Kier molecular flexibility index (Phi) is 3.99. The van der Waals surface area contributed by atoms with Crippen molar-refractivity contribution in [3.8, 4) is 0 Å². The molecule has 1 fully saturated rings. The standard InChI is InChI=1S/C13H20N2O2/c1-10-6-12(3-2-11(10)7-14)15-4-5-17-9-13(15)8-16/h2-3,6,13,16H,4-5,7-9,14H2,1H3. The Hall–Kier alpha value is -1.10. The van der Waals surface area contributed by atoms with Crippen molar-refractivity contribution in [2.45, 2.75) is 19.5 Å². The van der Waals surface area contributed by atoms with Gasteiger partial charge in [0, 0.05) is 18.8 Å². The minimum Gasteiger partial charge on any atom is -0.394 e. The van der Waals surface area contributed by atoms with Crippen molar-refractivity contribution in [2.24, 2.45) is 5.73 Å². The third-order valence-corrected chi connectivity index (χ3v) is 3.32. The van der Waals surface area contributed by atoms with Gasteiger partial charge in [-0.15, -0.1) is 0 Å². The summed E-state index contributed by atoms with van der Waals surface area (Å²) in [4.78, 5) is 2.21. The molecule has 0 amide bonds. The molecule has 0 aromatic heterocycles. The molecule has 1 aliphatic heterocycles. The van der Waals surface area contributed by atoms with Gasteiger partial charge in [-0.25, -0.2) is 0 Å². The minimum atomic E-state index is 0.0619. The van der Waals surface area contributed by atoms with Crippen molar-refractivity contribution < 1.29 is 9.84 Å². The van der Waals surface area contributed by atoms with Crippen molar-refractivity contribution in [2.75, 3.05) is 31.3 Å². The van der Waals surface area contributed by atoms with E-state index in [9.17, 15) is 5.11 Å². The summed E-state index contributed by atoms with van der Waals surface area (Å²) in [7, 11) is 0. The highest BCUT2D eigenvalue weighted by Gasteiger charge is 2.22. The lowest BCUT2D eigenvalue weighted by Gasteiger charge is -2.36. The SMILES string of the molecule is Cc1cc(N2CCOCC2CO)ccc1CN. The zero-order valence-electron chi connectivity index (χ0n) is 10.2. The van der Waals surface area contributed by atoms with E-state index in [4.69, 9.17) is 10.5 Å². The highest BCUT2D eigenvalue weighted by molar-refractivity contribution is 5.52. The molecule has 3 N–H and O–H groups in total. The number of nitrogens with zero attached hydrogens (tertiary/aromatic N) is 1. The van der Waals surface area contributed by atoms with E-state index in [1.165, 1.54) is 11.1 Å². The maximum absolute atomic E-state index is 9.35. The van der Waals surface area contributed by atoms with Gasteiger partial charge in [0.15, 0.2) is 0 Å². The van der Waals surface area contributed by atoms with Gasteiger partial charge < -0.3 is 20.5 Å². The van der Waals surface area contributed by atoms with Gasteiger partial charge >= 0.3 is 0 Å². The number of ether oxygens (including phenoxy) is 1. The van der Waals surface area contributed by atoms with Crippen molar-refractivity contribution in [3.63, 3.8) is 0 Å². The number of anilines is 1. The van der Waals surface area contributed by atoms with E-state index in [2.05, 4.69) is 30.0 Å². The summed E-state index contributed by atoms with van der Waals surface area (Å²) in [5, 5.41) is 9.35. The van der Waals surface area contributed by atoms with E-state index >= 15 is 0 Å². The molecule has 1 saturated heterocycles. The second kappa shape index (κ2) is 5.49. The van der Waals surface area contributed by atoms with E-state index in [0.717, 1.165) is 12.2 Å². The molecule has 1 heterocycles. The summed E-state index contributed by atoms with van der Waals surface area (Å²) >= 11 is 0. The van der Waals surface area contributed by atoms with E-state index in [1.54, 1.807) is 0 Å². The third kappa shape index (κ3) is 2.60. The van der Waals surface area contributed by atoms with Crippen LogP contribution in [0.1, 0.15) is 11.1 Å². The van der Waals surface area contributed by atoms with Crippen LogP contribution in [0.3, 0.4) is 0 Å². The van der Waals surface area contributed by atoms with Crippen LogP contribution in [-0.2, 0) is 11.3 Å². The predicted molar refractivity (Wildman–Crippen MR) is 68.1 cm³/mol. The molecule has 1 aromatic rings. The predicted octanol–water partition coefficient (Wildman–Crippen LogP) is 0.651. The van der Waals surface area contributed by atoms with Crippen LogP contribution in [0.4, 0.5) is 5.69 Å². The molecule has 0 saturated carbocycles. The first kappa shape index (κ1) is 12.4. The van der Waals surface area contributed by atoms with Crippen molar-refractivity contribution in [1.82, 2.24) is 0 Å². The Morgan fingerprint density at radius 1 is 1.53 bits per heavy atom. The number of nitrogens with two attached hydrogens (primary N) is 1. The van der Waals surface area contributed by atoms with Crippen LogP contribution in [-0.4, -0.2) is 37.5 Å². The monoisotopic (exact) mass is 236 g/mol. The maximum atomic E-state index is 9.35. The van der Waals surface area contributed by atoms with Gasteiger partial charge in [-0.05, 0) is 30.2 Å². The molecule has 17 heavy (non-hydrogen) atoms. The fourth-order valence-electron chi connectivity index (χ4n) is 2.23. The van der Waals surface area contributed by atoms with E-state index in [1.807, 2.05) is 0 Å². The van der Waals surface area contributed by atoms with Crippen LogP contribution in [0, 0.1) is 6.92 Å². The molecule has 1 unspecified atom stereocenters. The van der Waals surface area contributed by atoms with Crippen LogP contribution in [0.25, 0.3) is 0 Å². The average molecular weight is 236 g/mol. The van der Waals surface area contributed by atoms with E-state index in [0.29, 0.717) is 19.8 Å². The lowest BCUT2D eigenvalue weighted by molar-refractivity contribution is 0.0727. The first-order valence-electron chi connectivity index (χ1n) is 6.01. The molecule has 0 aliphatic carbocycles. The van der Waals surface area contributed by atoms with Crippen molar-refractivity contribution >= 4 is 5.69 Å². The molecule has 1 atom stereocenters. The Morgan fingerprint density at radius 3 is 3.00 bits per heavy atom. The topological polar surface area (TPSA) is 58.7 Å². The maximum Gasteiger partial charge on any atom is 0.0755 e. The molecule has 2 rings (SSSR count). The molecule has 0 spiro atoms. The summed E-state index contributed by atoms with van der Waals surface area (Å²) in [6.45, 7) is 4.89. The van der Waals surface area contributed by atoms with Gasteiger partial charge in [-0.3, -0.25) is 0 Å². The van der Waals surface area contributed by atoms with Gasteiger partial charge in [-0.2, -0.15) is 0 Å². The lowest BCUT2D eigenvalue weighted by Crippen LogP contribution is -2.47. The summed E-state index contributed by atoms with van der Waals surface area (Å²) in [5.41, 5.74) is 9.17. The van der Waals surface area contributed by atoms with Gasteiger partial charge in [-0.1, -0.05) is 6.07 Å². The molecule has 1 aliphatic rings. The Balaban J connectivity index is 2.23. The van der Waals surface area contributed by atoms with Crippen molar-refractivity contribution in [3.05, 3.63) is 29.3 Å². The Bertz CT molecular complexity index is 382. The van der Waals surface area contributed by atoms with Gasteiger partial charge in [0.2, 0.25) is 0 Å². The molecule has 1 aromatic carbocycles. The Morgan fingerprint density at radius 2 is 2.35 bits per heavy atom. The number of hydrogen-bond acceptors (Lipinski definition) is 4. The summed E-state index contributed by atoms with van der Waals surface area (Å²) in [6.07, 6.45) is 0. The number of aryl methyl sites for hydroxylation is 1. The summed E-state index contributed by atoms with van der Waals surface area (Å²) in [5.74, 6) is 0. The molecule has 4 nitrogen and oxygen atoms in total. The first-order valence-corrected chi connectivity index (χ1v) is 6.01. The summed E-state index contributed by atoms with van der Waals surface area (Å²) in [6, 6.07) is 6.33. The van der Waals surface area contributed by atoms with Crippen LogP contribution in [0.2, 0.25) is 0 Å². The Labute approximate surface area is 102 Å². The minimum absolute atomic E-state index is 0.0619. The van der Waals surface area contributed by atoms with E-state index < -0.39 is 0 Å². The molecule has 4 heteroatoms. The first-order chi connectivity index (χ1) is 8.26. The number of hydrogen-bond donors (Lipinski definition) is 2. The average Bonchev–Trinajstić information content (AvgIpc) is 2.38. The smallest absolute Gasteiger partial charge is 0.0755 e. The third-order valence-electron chi connectivity index (χ3n) is 3.32. The lowest BCUT2D eigenvalue weighted by atomic mass is 10.1. The largest absolute Gasteiger partial charge is 0.394 e. The van der Waals surface area contributed by atoms with Gasteiger partial charge in [0.05, 0.1) is 25.9 Å². The zero-order valence-corrected chi connectivity index (χ0v) is 10.2. The second-order valence-electron chi connectivity index (χ2n) is 4.42. The zero-order chi connectivity index (χ0) is 12.3. The highest BCUT2D eigenvalue weighted by Crippen LogP contribution is 2.22. The number of aliphatic hydroxyl groups excluding tert-OH is 1. The summed E-state index contributed by atoms with van der Waals surface area (Å²) < 4.78 is 5.38. The normalized spacial score (nSPS) is 20.6. The second-order valence-corrected chi connectivity index (χ2v) is 4.42. The molecule has 94 valence electrons. The van der Waals surface area contributed by atoms with Crippen molar-refractivity contribution in [1.29, 1.82) is 0 Å². The molecular weight excluding hydrogens is 216 g/mol. The van der Waals surface area contributed by atoms with E-state index in [-0.39, 0.29) is 12.6 Å². The van der Waals surface area contributed by atoms with Crippen LogP contribution >= 0.6 is 0 Å². The fraction of sp³-hybridized carbons (Fsp3) is 0.538. The van der Waals surface area contributed by atoms with Crippen LogP contribution in [0.5, 0.6) is 0 Å². The number of benzene rings is 1. The van der Waals surface area contributed by atoms with Gasteiger partial charge in [0.1, 0.15) is 0 Å². The molecule has 0 bridgehead atoms.